The van der Waals surface area contributed by atoms with E-state index in [0.29, 0.717) is 13.1 Å². The number of carbonyl (C=O) groups excluding carboxylic acids is 1. The van der Waals surface area contributed by atoms with Crippen molar-refractivity contribution in [3.63, 3.8) is 0 Å². The minimum atomic E-state index is -0.654. The van der Waals surface area contributed by atoms with E-state index in [1.807, 2.05) is 6.07 Å². The highest BCUT2D eigenvalue weighted by atomic mass is 16.2. The van der Waals surface area contributed by atoms with Crippen molar-refractivity contribution in [1.29, 1.82) is 0 Å². The molecule has 0 aliphatic carbocycles. The van der Waals surface area contributed by atoms with Crippen LogP contribution in [0.5, 0.6) is 0 Å². The second kappa shape index (κ2) is 8.62. The van der Waals surface area contributed by atoms with Gasteiger partial charge in [0.1, 0.15) is 5.69 Å². The third-order valence-corrected chi connectivity index (χ3v) is 4.65. The summed E-state index contributed by atoms with van der Waals surface area (Å²) >= 11 is 0. The summed E-state index contributed by atoms with van der Waals surface area (Å²) in [5.41, 5.74) is 0.182. The summed E-state index contributed by atoms with van der Waals surface area (Å²) in [7, 11) is 0. The van der Waals surface area contributed by atoms with E-state index in [0.717, 1.165) is 45.0 Å². The van der Waals surface area contributed by atoms with Crippen LogP contribution in [-0.4, -0.2) is 58.4 Å². The molecular formula is C19H24N4O3. The minimum absolute atomic E-state index is 0.0521. The third-order valence-electron chi connectivity index (χ3n) is 4.65. The molecule has 3 rings (SSSR count). The fourth-order valence-corrected chi connectivity index (χ4v) is 3.30. The number of nitrogens with one attached hydrogen (secondary N) is 2. The molecule has 1 aromatic heterocycles. The summed E-state index contributed by atoms with van der Waals surface area (Å²) in [5.74, 6) is -0.292. The average molecular weight is 356 g/mol. The Bertz CT molecular complexity index is 815. The Morgan fingerprint density at radius 2 is 1.81 bits per heavy atom. The lowest BCUT2D eigenvalue weighted by atomic mass is 10.1. The Morgan fingerprint density at radius 1 is 1.00 bits per heavy atom. The van der Waals surface area contributed by atoms with Crippen LogP contribution in [0.4, 0.5) is 0 Å². The molecule has 1 aliphatic rings. The monoisotopic (exact) mass is 356 g/mol. The molecular weight excluding hydrogens is 332 g/mol. The summed E-state index contributed by atoms with van der Waals surface area (Å²) < 4.78 is 0. The second-order valence-electron chi connectivity index (χ2n) is 6.58. The summed E-state index contributed by atoms with van der Waals surface area (Å²) in [6.07, 6.45) is 3.01. The lowest BCUT2D eigenvalue weighted by Gasteiger charge is -2.21. The molecule has 0 saturated carbocycles. The first-order valence-electron chi connectivity index (χ1n) is 9.01. The number of aryl methyl sites for hydroxylation is 1. The van der Waals surface area contributed by atoms with Crippen molar-refractivity contribution in [2.24, 2.45) is 0 Å². The van der Waals surface area contributed by atoms with Gasteiger partial charge in [0.15, 0.2) is 0 Å². The molecule has 7 heteroatoms. The summed E-state index contributed by atoms with van der Waals surface area (Å²) in [4.78, 5) is 43.9. The van der Waals surface area contributed by atoms with Gasteiger partial charge in [0, 0.05) is 25.7 Å². The van der Waals surface area contributed by atoms with Crippen LogP contribution in [0, 0.1) is 0 Å². The number of hydrogen-bond donors (Lipinski definition) is 2. The number of hydrogen-bond acceptors (Lipinski definition) is 4. The largest absolute Gasteiger partial charge is 0.336 e. The maximum atomic E-state index is 12.5. The predicted molar refractivity (Wildman–Crippen MR) is 99.4 cm³/mol. The molecule has 1 amide bonds. The van der Waals surface area contributed by atoms with E-state index in [4.69, 9.17) is 0 Å². The Morgan fingerprint density at radius 3 is 2.58 bits per heavy atom. The highest BCUT2D eigenvalue weighted by Crippen LogP contribution is 2.09. The zero-order valence-electron chi connectivity index (χ0n) is 14.7. The highest BCUT2D eigenvalue weighted by molar-refractivity contribution is 5.92. The maximum absolute atomic E-state index is 12.5. The molecule has 1 saturated heterocycles. The predicted octanol–water partition coefficient (Wildman–Crippen LogP) is 0.844. The van der Waals surface area contributed by atoms with E-state index >= 15 is 0 Å². The van der Waals surface area contributed by atoms with Gasteiger partial charge in [-0.2, -0.15) is 0 Å². The van der Waals surface area contributed by atoms with E-state index in [1.54, 1.807) is 4.90 Å². The van der Waals surface area contributed by atoms with Gasteiger partial charge in [-0.05, 0) is 37.9 Å². The van der Waals surface area contributed by atoms with Crippen LogP contribution in [0.1, 0.15) is 28.9 Å². The number of rotatable bonds is 5. The first kappa shape index (κ1) is 18.1. The van der Waals surface area contributed by atoms with Crippen molar-refractivity contribution in [2.45, 2.75) is 19.3 Å². The van der Waals surface area contributed by atoms with Crippen molar-refractivity contribution in [3.8, 4) is 0 Å². The van der Waals surface area contributed by atoms with Crippen LogP contribution in [0.2, 0.25) is 0 Å². The molecule has 2 heterocycles. The van der Waals surface area contributed by atoms with Crippen molar-refractivity contribution < 1.29 is 4.79 Å². The zero-order valence-corrected chi connectivity index (χ0v) is 14.7. The van der Waals surface area contributed by atoms with E-state index in [9.17, 15) is 14.4 Å². The molecule has 1 aromatic carbocycles. The molecule has 0 bridgehead atoms. The van der Waals surface area contributed by atoms with E-state index in [-0.39, 0.29) is 11.6 Å². The highest BCUT2D eigenvalue weighted by Gasteiger charge is 2.21. The number of H-pyrrole nitrogens is 2. The van der Waals surface area contributed by atoms with E-state index in [1.165, 1.54) is 5.56 Å². The van der Waals surface area contributed by atoms with Crippen molar-refractivity contribution in [2.75, 3.05) is 32.7 Å². The van der Waals surface area contributed by atoms with Crippen LogP contribution in [0.3, 0.4) is 0 Å². The summed E-state index contributed by atoms with van der Waals surface area (Å²) in [5, 5.41) is 0. The second-order valence-corrected chi connectivity index (χ2v) is 6.58. The molecule has 7 nitrogen and oxygen atoms in total. The minimum Gasteiger partial charge on any atom is -0.336 e. The van der Waals surface area contributed by atoms with Crippen LogP contribution < -0.4 is 11.2 Å². The Kier molecular flexibility index (Phi) is 6.01. The lowest BCUT2D eigenvalue weighted by molar-refractivity contribution is 0.0755. The molecule has 2 N–H and O–H groups in total. The van der Waals surface area contributed by atoms with Crippen LogP contribution in [0.15, 0.2) is 46.0 Å². The number of amides is 1. The summed E-state index contributed by atoms with van der Waals surface area (Å²) in [6.45, 7) is 3.97. The van der Waals surface area contributed by atoms with Gasteiger partial charge in [0.25, 0.3) is 11.5 Å². The van der Waals surface area contributed by atoms with Crippen molar-refractivity contribution in [1.82, 2.24) is 19.8 Å². The number of aromatic nitrogens is 2. The molecule has 0 unspecified atom stereocenters. The Balaban J connectivity index is 1.52. The molecule has 138 valence electrons. The van der Waals surface area contributed by atoms with Gasteiger partial charge in [-0.3, -0.25) is 14.6 Å². The molecule has 0 radical (unpaired) electrons. The van der Waals surface area contributed by atoms with Crippen LogP contribution in [0.25, 0.3) is 0 Å². The van der Waals surface area contributed by atoms with Crippen molar-refractivity contribution in [3.05, 3.63) is 68.5 Å². The standard InChI is InChI=1S/C19H24N4O3/c24-17-14-16(20-19(26)21-17)18(25)23-11-5-10-22(12-13-23)9-4-8-15-6-2-1-3-7-15/h1-3,6-7,14H,4-5,8-13H2,(H2,20,21,24,26). The molecule has 0 atom stereocenters. The van der Waals surface area contributed by atoms with Crippen LogP contribution >= 0.6 is 0 Å². The normalized spacial score (nSPS) is 15.6. The number of aromatic amines is 2. The third kappa shape index (κ3) is 4.92. The van der Waals surface area contributed by atoms with Gasteiger partial charge in [-0.1, -0.05) is 30.3 Å². The first-order valence-corrected chi connectivity index (χ1v) is 9.01. The maximum Gasteiger partial charge on any atom is 0.326 e. The quantitative estimate of drug-likeness (QED) is 0.831. The zero-order chi connectivity index (χ0) is 18.4. The van der Waals surface area contributed by atoms with Crippen molar-refractivity contribution >= 4 is 5.91 Å². The topological polar surface area (TPSA) is 89.3 Å². The first-order chi connectivity index (χ1) is 12.6. The fourth-order valence-electron chi connectivity index (χ4n) is 3.30. The number of carbonyl (C=O) groups is 1. The van der Waals surface area contributed by atoms with E-state index in [2.05, 4.69) is 39.1 Å². The lowest BCUT2D eigenvalue weighted by Crippen LogP contribution is -2.37. The molecule has 1 aliphatic heterocycles. The smallest absolute Gasteiger partial charge is 0.326 e. The van der Waals surface area contributed by atoms with Gasteiger partial charge in [0.05, 0.1) is 0 Å². The van der Waals surface area contributed by atoms with Gasteiger partial charge < -0.3 is 14.8 Å². The average Bonchev–Trinajstić information content (AvgIpc) is 2.87. The molecule has 2 aromatic rings. The SMILES string of the molecule is O=C(c1cc(=O)[nH]c(=O)[nH]1)N1CCCN(CCCc2ccccc2)CC1. The molecule has 0 spiro atoms. The van der Waals surface area contributed by atoms with Gasteiger partial charge in [-0.25, -0.2) is 4.79 Å². The van der Waals surface area contributed by atoms with E-state index < -0.39 is 11.2 Å². The molecule has 26 heavy (non-hydrogen) atoms. The Hall–Kier alpha value is -2.67. The Labute approximate surface area is 151 Å². The summed E-state index contributed by atoms with van der Waals surface area (Å²) in [6, 6.07) is 11.6. The van der Waals surface area contributed by atoms with Gasteiger partial charge in [0.2, 0.25) is 0 Å². The number of benzene rings is 1. The van der Waals surface area contributed by atoms with Gasteiger partial charge >= 0.3 is 5.69 Å². The fraction of sp³-hybridized carbons (Fsp3) is 0.421. The molecule has 1 fully saturated rings. The van der Waals surface area contributed by atoms with Crippen LogP contribution in [-0.2, 0) is 6.42 Å². The number of nitrogens with zero attached hydrogens (tertiary/aromatic N) is 2. The van der Waals surface area contributed by atoms with Gasteiger partial charge in [-0.15, -0.1) is 0 Å².